The number of aromatic nitrogens is 4. The summed E-state index contributed by atoms with van der Waals surface area (Å²) in [5, 5.41) is 8.22. The van der Waals surface area contributed by atoms with Crippen LogP contribution in [-0.4, -0.2) is 19.6 Å². The molecule has 0 aliphatic heterocycles. The fraction of sp³-hybridized carbons (Fsp3) is 0.200. The van der Waals surface area contributed by atoms with Gasteiger partial charge in [0.15, 0.2) is 5.82 Å². The lowest BCUT2D eigenvalue weighted by molar-refractivity contribution is 0.767. The number of anilines is 4. The first kappa shape index (κ1) is 16.2. The summed E-state index contributed by atoms with van der Waals surface area (Å²) >= 11 is 0. The monoisotopic (exact) mass is 314 g/mol. The molecule has 0 aliphatic rings. The Hall–Kier alpha value is -3.16. The first-order valence-corrected chi connectivity index (χ1v) is 7.03. The number of hydrogen-bond acceptors (Lipinski definition) is 6. The van der Waals surface area contributed by atoms with Crippen molar-refractivity contribution < 1.29 is 0 Å². The van der Waals surface area contributed by atoms with Gasteiger partial charge < -0.3 is 22.9 Å². The fourth-order valence-corrected chi connectivity index (χ4v) is 2.02. The van der Waals surface area contributed by atoms with Crippen LogP contribution in [0.25, 0.3) is 5.69 Å². The normalized spacial score (nSPS) is 10.2. The quantitative estimate of drug-likeness (QED) is 0.532. The second-order valence-corrected chi connectivity index (χ2v) is 5.14. The van der Waals surface area contributed by atoms with Gasteiger partial charge in [-0.3, -0.25) is 4.68 Å². The average molecular weight is 314 g/mol. The van der Waals surface area contributed by atoms with Gasteiger partial charge in [0.2, 0.25) is 0 Å². The van der Waals surface area contributed by atoms with Gasteiger partial charge in [0.1, 0.15) is 5.82 Å². The van der Waals surface area contributed by atoms with Crippen LogP contribution in [0.2, 0.25) is 0 Å². The number of rotatable bonds is 1. The van der Waals surface area contributed by atoms with E-state index in [-0.39, 0.29) is 0 Å². The molecule has 23 heavy (non-hydrogen) atoms. The van der Waals surface area contributed by atoms with E-state index >= 15 is 0 Å². The highest BCUT2D eigenvalue weighted by molar-refractivity contribution is 5.64. The van der Waals surface area contributed by atoms with E-state index in [1.807, 2.05) is 44.2 Å². The molecule has 0 fully saturated rings. The van der Waals surface area contributed by atoms with Crippen LogP contribution in [0.1, 0.15) is 11.4 Å². The van der Waals surface area contributed by atoms with Crippen molar-refractivity contribution in [2.75, 3.05) is 22.9 Å². The van der Waals surface area contributed by atoms with Gasteiger partial charge >= 0.3 is 0 Å². The largest absolute Gasteiger partial charge is 0.394 e. The maximum absolute atomic E-state index is 5.81. The molecule has 0 unspecified atom stereocenters. The van der Waals surface area contributed by atoms with Crippen LogP contribution in [0.15, 0.2) is 30.3 Å². The van der Waals surface area contributed by atoms with Crippen LogP contribution in [0.4, 0.5) is 23.0 Å². The van der Waals surface area contributed by atoms with Crippen molar-refractivity contribution in [2.45, 2.75) is 13.8 Å². The zero-order valence-electron chi connectivity index (χ0n) is 13.5. The van der Waals surface area contributed by atoms with Crippen molar-refractivity contribution in [2.24, 2.45) is 7.05 Å². The molecule has 2 heterocycles. The van der Waals surface area contributed by atoms with Crippen LogP contribution in [0.5, 0.6) is 0 Å². The molecule has 0 saturated heterocycles. The Morgan fingerprint density at radius 2 is 1.30 bits per heavy atom. The van der Waals surface area contributed by atoms with Crippen LogP contribution in [-0.2, 0) is 7.05 Å². The standard InChI is InChI=1S/C10H12N4.C5H10N4/c1-7-9(11)10(12)14(13-7)8-5-3-2-4-6-8;1-3-4(6)5(7)9(2)8-3/h2-6H,11-12H2,1H3;6-7H2,1-2H3. The van der Waals surface area contributed by atoms with Gasteiger partial charge in [-0.25, -0.2) is 4.68 Å². The Labute approximate surface area is 134 Å². The van der Waals surface area contributed by atoms with E-state index in [0.29, 0.717) is 23.0 Å². The summed E-state index contributed by atoms with van der Waals surface area (Å²) in [4.78, 5) is 0. The number of nitrogens with two attached hydrogens (primary N) is 4. The van der Waals surface area contributed by atoms with Crippen molar-refractivity contribution in [1.29, 1.82) is 0 Å². The van der Waals surface area contributed by atoms with Gasteiger partial charge in [-0.1, -0.05) is 18.2 Å². The number of aryl methyl sites for hydroxylation is 3. The third kappa shape index (κ3) is 3.20. The summed E-state index contributed by atoms with van der Waals surface area (Å²) in [7, 11) is 1.76. The Morgan fingerprint density at radius 3 is 1.65 bits per heavy atom. The SMILES string of the molecule is Cc1nn(-c2ccccc2)c(N)c1N.Cc1nn(C)c(N)c1N. The molecule has 8 nitrogen and oxygen atoms in total. The molecular weight excluding hydrogens is 292 g/mol. The summed E-state index contributed by atoms with van der Waals surface area (Å²) < 4.78 is 3.20. The topological polar surface area (TPSA) is 140 Å². The van der Waals surface area contributed by atoms with Crippen molar-refractivity contribution in [1.82, 2.24) is 19.6 Å². The molecule has 0 saturated carbocycles. The number of hydrogen-bond donors (Lipinski definition) is 4. The second kappa shape index (κ2) is 6.30. The Balaban J connectivity index is 0.000000185. The predicted molar refractivity (Wildman–Crippen MR) is 93.9 cm³/mol. The molecule has 8 heteroatoms. The van der Waals surface area contributed by atoms with E-state index in [1.165, 1.54) is 0 Å². The Kier molecular flexibility index (Phi) is 4.44. The zero-order valence-corrected chi connectivity index (χ0v) is 13.5. The molecule has 2 aromatic heterocycles. The lowest BCUT2D eigenvalue weighted by atomic mass is 10.3. The molecule has 0 radical (unpaired) electrons. The number of para-hydroxylation sites is 1. The van der Waals surface area contributed by atoms with Crippen molar-refractivity contribution in [3.63, 3.8) is 0 Å². The summed E-state index contributed by atoms with van der Waals surface area (Å²) in [6.07, 6.45) is 0. The molecule has 0 bridgehead atoms. The molecule has 0 spiro atoms. The first-order chi connectivity index (χ1) is 10.8. The molecule has 3 rings (SSSR count). The molecule has 8 N–H and O–H groups in total. The molecular formula is C15H22N8. The molecule has 3 aromatic rings. The van der Waals surface area contributed by atoms with E-state index in [9.17, 15) is 0 Å². The molecule has 0 atom stereocenters. The van der Waals surface area contributed by atoms with Crippen LogP contribution < -0.4 is 22.9 Å². The average Bonchev–Trinajstić information content (AvgIpc) is 2.93. The fourth-order valence-electron chi connectivity index (χ4n) is 2.02. The first-order valence-electron chi connectivity index (χ1n) is 7.03. The lowest BCUT2D eigenvalue weighted by Gasteiger charge is -2.02. The van der Waals surface area contributed by atoms with Crippen LogP contribution in [0.3, 0.4) is 0 Å². The van der Waals surface area contributed by atoms with Gasteiger partial charge in [0, 0.05) is 7.05 Å². The Bertz CT molecular complexity index is 778. The van der Waals surface area contributed by atoms with Crippen molar-refractivity contribution >= 4 is 23.0 Å². The van der Waals surface area contributed by atoms with Crippen molar-refractivity contribution in [3.05, 3.63) is 41.7 Å². The third-order valence-electron chi connectivity index (χ3n) is 3.46. The smallest absolute Gasteiger partial charge is 0.150 e. The number of benzene rings is 1. The van der Waals surface area contributed by atoms with Gasteiger partial charge in [-0.05, 0) is 26.0 Å². The van der Waals surface area contributed by atoms with Gasteiger partial charge in [-0.2, -0.15) is 10.2 Å². The summed E-state index contributed by atoms with van der Waals surface area (Å²) in [5.74, 6) is 1.03. The van der Waals surface area contributed by atoms with E-state index in [4.69, 9.17) is 22.9 Å². The second-order valence-electron chi connectivity index (χ2n) is 5.14. The summed E-state index contributed by atoms with van der Waals surface area (Å²) in [6, 6.07) is 9.67. The minimum atomic E-state index is 0.494. The maximum Gasteiger partial charge on any atom is 0.150 e. The minimum absolute atomic E-state index is 0.494. The minimum Gasteiger partial charge on any atom is -0.394 e. The van der Waals surface area contributed by atoms with E-state index in [2.05, 4.69) is 10.2 Å². The highest BCUT2D eigenvalue weighted by Crippen LogP contribution is 2.22. The highest BCUT2D eigenvalue weighted by atomic mass is 15.3. The third-order valence-corrected chi connectivity index (χ3v) is 3.46. The number of nitrogen functional groups attached to an aromatic ring is 4. The Morgan fingerprint density at radius 1 is 0.783 bits per heavy atom. The maximum atomic E-state index is 5.81. The molecule has 1 aromatic carbocycles. The zero-order chi connectivity index (χ0) is 17.1. The molecule has 0 aliphatic carbocycles. The van der Waals surface area contributed by atoms with Crippen LogP contribution in [0, 0.1) is 13.8 Å². The predicted octanol–water partition coefficient (Wildman–Crippen LogP) is 1.24. The van der Waals surface area contributed by atoms with Gasteiger partial charge in [0.25, 0.3) is 0 Å². The molecule has 0 amide bonds. The van der Waals surface area contributed by atoms with Crippen molar-refractivity contribution in [3.8, 4) is 5.69 Å². The van der Waals surface area contributed by atoms with E-state index < -0.39 is 0 Å². The summed E-state index contributed by atoms with van der Waals surface area (Å²) in [5.41, 5.74) is 26.1. The molecule has 122 valence electrons. The highest BCUT2D eigenvalue weighted by Gasteiger charge is 2.09. The summed E-state index contributed by atoms with van der Waals surface area (Å²) in [6.45, 7) is 3.66. The lowest BCUT2D eigenvalue weighted by Crippen LogP contribution is -2.02. The van der Waals surface area contributed by atoms with E-state index in [0.717, 1.165) is 17.1 Å². The number of nitrogens with zero attached hydrogens (tertiary/aromatic N) is 4. The van der Waals surface area contributed by atoms with Crippen LogP contribution >= 0.6 is 0 Å². The van der Waals surface area contributed by atoms with E-state index in [1.54, 1.807) is 16.4 Å². The van der Waals surface area contributed by atoms with Gasteiger partial charge in [-0.15, -0.1) is 0 Å². The van der Waals surface area contributed by atoms with Gasteiger partial charge in [0.05, 0.1) is 28.5 Å².